The monoisotopic (exact) mass is 244 g/mol. The molecule has 1 aromatic carbocycles. The van der Waals surface area contributed by atoms with E-state index < -0.39 is 0 Å². The van der Waals surface area contributed by atoms with Gasteiger partial charge < -0.3 is 5.32 Å². The van der Waals surface area contributed by atoms with Crippen LogP contribution in [-0.2, 0) is 19.4 Å². The molecule has 1 N–H and O–H groups in total. The molecule has 2 heteroatoms. The van der Waals surface area contributed by atoms with Crippen LogP contribution >= 0.6 is 0 Å². The second kappa shape index (κ2) is 4.67. The number of fused-ring (bicyclic) bond motifs is 1. The van der Waals surface area contributed by atoms with Gasteiger partial charge in [-0.25, -0.2) is 0 Å². The van der Waals surface area contributed by atoms with Gasteiger partial charge in [0.1, 0.15) is 0 Å². The molecule has 1 fully saturated rings. The van der Waals surface area contributed by atoms with Gasteiger partial charge in [0, 0.05) is 31.7 Å². The van der Waals surface area contributed by atoms with E-state index in [-0.39, 0.29) is 5.54 Å². The van der Waals surface area contributed by atoms with E-state index in [0.29, 0.717) is 0 Å². The number of nitrogens with zero attached hydrogens (tertiary/aromatic N) is 1. The van der Waals surface area contributed by atoms with E-state index in [1.165, 1.54) is 24.8 Å². The molecule has 0 radical (unpaired) electrons. The molecule has 0 spiro atoms. The molecule has 0 atom stereocenters. The summed E-state index contributed by atoms with van der Waals surface area (Å²) in [5.41, 5.74) is 4.95. The summed E-state index contributed by atoms with van der Waals surface area (Å²) in [5.74, 6) is 0. The summed E-state index contributed by atoms with van der Waals surface area (Å²) >= 11 is 0. The molecule has 2 nitrogen and oxygen atoms in total. The van der Waals surface area contributed by atoms with Gasteiger partial charge in [0.15, 0.2) is 0 Å². The fourth-order valence-corrected chi connectivity index (χ4v) is 3.26. The number of rotatable bonds is 2. The van der Waals surface area contributed by atoms with E-state index in [0.717, 1.165) is 26.2 Å². The number of piperazine rings is 1. The molecule has 1 heterocycles. The molecule has 0 amide bonds. The Morgan fingerprint density at radius 2 is 2.06 bits per heavy atom. The fourth-order valence-electron chi connectivity index (χ4n) is 3.26. The maximum Gasteiger partial charge on any atom is 0.0281 e. The van der Waals surface area contributed by atoms with Crippen molar-refractivity contribution in [1.29, 1.82) is 0 Å². The molecule has 0 bridgehead atoms. The Labute approximate surface area is 110 Å². The van der Waals surface area contributed by atoms with Crippen molar-refractivity contribution in [2.24, 2.45) is 0 Å². The molecule has 3 rings (SSSR count). The SMILES string of the molecule is CC1(C)CNCCN1Cc1ccc2c(c1)CCC2. The third-order valence-corrected chi connectivity index (χ3v) is 4.51. The van der Waals surface area contributed by atoms with Crippen molar-refractivity contribution >= 4 is 0 Å². The maximum absolute atomic E-state index is 3.49. The van der Waals surface area contributed by atoms with Gasteiger partial charge in [-0.3, -0.25) is 4.90 Å². The zero-order chi connectivity index (χ0) is 12.6. The van der Waals surface area contributed by atoms with Gasteiger partial charge in [0.25, 0.3) is 0 Å². The lowest BCUT2D eigenvalue weighted by Crippen LogP contribution is -2.57. The van der Waals surface area contributed by atoms with Crippen LogP contribution in [0.5, 0.6) is 0 Å². The molecule has 1 aromatic rings. The highest BCUT2D eigenvalue weighted by molar-refractivity contribution is 5.35. The van der Waals surface area contributed by atoms with Crippen LogP contribution in [0.25, 0.3) is 0 Å². The molecular weight excluding hydrogens is 220 g/mol. The van der Waals surface area contributed by atoms with E-state index in [1.54, 1.807) is 11.1 Å². The minimum absolute atomic E-state index is 0.275. The molecule has 1 aliphatic carbocycles. The molecule has 18 heavy (non-hydrogen) atoms. The van der Waals surface area contributed by atoms with Crippen molar-refractivity contribution in [3.05, 3.63) is 34.9 Å². The van der Waals surface area contributed by atoms with E-state index in [9.17, 15) is 0 Å². The molecule has 0 aromatic heterocycles. The highest BCUT2D eigenvalue weighted by Gasteiger charge is 2.29. The molecular formula is C16H24N2. The standard InChI is InChI=1S/C16H24N2/c1-16(2)12-17-8-9-18(16)11-13-6-7-14-4-3-5-15(14)10-13/h6-7,10,17H,3-5,8-9,11-12H2,1-2H3. The van der Waals surface area contributed by atoms with Crippen LogP contribution in [0.1, 0.15) is 37.0 Å². The first kappa shape index (κ1) is 12.2. The number of hydrogen-bond donors (Lipinski definition) is 1. The van der Waals surface area contributed by atoms with E-state index >= 15 is 0 Å². The van der Waals surface area contributed by atoms with Crippen LogP contribution < -0.4 is 5.32 Å². The highest BCUT2D eigenvalue weighted by Crippen LogP contribution is 2.25. The summed E-state index contributed by atoms with van der Waals surface area (Å²) in [6.07, 6.45) is 3.92. The molecule has 0 saturated carbocycles. The highest BCUT2D eigenvalue weighted by atomic mass is 15.2. The van der Waals surface area contributed by atoms with E-state index in [1.807, 2.05) is 0 Å². The normalized spacial score (nSPS) is 23.0. The Morgan fingerprint density at radius 1 is 1.22 bits per heavy atom. The van der Waals surface area contributed by atoms with Crippen molar-refractivity contribution in [2.45, 2.75) is 45.2 Å². The van der Waals surface area contributed by atoms with Crippen LogP contribution in [-0.4, -0.2) is 30.1 Å². The van der Waals surface area contributed by atoms with Gasteiger partial charge >= 0.3 is 0 Å². The summed E-state index contributed by atoms with van der Waals surface area (Å²) in [4.78, 5) is 2.61. The molecule has 1 saturated heterocycles. The Balaban J connectivity index is 1.76. The first-order valence-corrected chi connectivity index (χ1v) is 7.22. The molecule has 98 valence electrons. The lowest BCUT2D eigenvalue weighted by molar-refractivity contribution is 0.0827. The predicted molar refractivity (Wildman–Crippen MR) is 75.8 cm³/mol. The number of nitrogens with one attached hydrogen (secondary N) is 1. The van der Waals surface area contributed by atoms with Gasteiger partial charge in [0.2, 0.25) is 0 Å². The van der Waals surface area contributed by atoms with Crippen molar-refractivity contribution in [2.75, 3.05) is 19.6 Å². The van der Waals surface area contributed by atoms with Crippen LogP contribution in [0, 0.1) is 0 Å². The van der Waals surface area contributed by atoms with Gasteiger partial charge in [-0.15, -0.1) is 0 Å². The van der Waals surface area contributed by atoms with Gasteiger partial charge in [0.05, 0.1) is 0 Å². The fraction of sp³-hybridized carbons (Fsp3) is 0.625. The smallest absolute Gasteiger partial charge is 0.0281 e. The summed E-state index contributed by atoms with van der Waals surface area (Å²) in [6.45, 7) is 9.15. The average molecular weight is 244 g/mol. The number of hydrogen-bond acceptors (Lipinski definition) is 2. The quantitative estimate of drug-likeness (QED) is 0.859. The Morgan fingerprint density at radius 3 is 2.89 bits per heavy atom. The minimum Gasteiger partial charge on any atom is -0.314 e. The summed E-state index contributed by atoms with van der Waals surface area (Å²) < 4.78 is 0. The van der Waals surface area contributed by atoms with Crippen molar-refractivity contribution in [3.8, 4) is 0 Å². The lowest BCUT2D eigenvalue weighted by Gasteiger charge is -2.43. The van der Waals surface area contributed by atoms with E-state index in [2.05, 4.69) is 42.3 Å². The maximum atomic E-state index is 3.49. The van der Waals surface area contributed by atoms with Crippen molar-refractivity contribution in [1.82, 2.24) is 10.2 Å². The predicted octanol–water partition coefficient (Wildman–Crippen LogP) is 2.36. The molecule has 0 unspecified atom stereocenters. The van der Waals surface area contributed by atoms with Crippen LogP contribution in [0.2, 0.25) is 0 Å². The number of aryl methyl sites for hydroxylation is 2. The van der Waals surface area contributed by atoms with Crippen LogP contribution in [0.3, 0.4) is 0 Å². The van der Waals surface area contributed by atoms with Gasteiger partial charge in [-0.05, 0) is 49.8 Å². The molecule has 2 aliphatic rings. The second-order valence-electron chi connectivity index (χ2n) is 6.37. The van der Waals surface area contributed by atoms with Crippen LogP contribution in [0.15, 0.2) is 18.2 Å². The zero-order valence-electron chi connectivity index (χ0n) is 11.6. The molecule has 1 aliphatic heterocycles. The average Bonchev–Trinajstić information content (AvgIpc) is 2.79. The zero-order valence-corrected chi connectivity index (χ0v) is 11.6. The summed E-state index contributed by atoms with van der Waals surface area (Å²) in [6, 6.07) is 7.13. The van der Waals surface area contributed by atoms with E-state index in [4.69, 9.17) is 0 Å². The van der Waals surface area contributed by atoms with Crippen LogP contribution in [0.4, 0.5) is 0 Å². The van der Waals surface area contributed by atoms with Crippen molar-refractivity contribution < 1.29 is 0 Å². The summed E-state index contributed by atoms with van der Waals surface area (Å²) in [7, 11) is 0. The minimum atomic E-state index is 0.275. The Hall–Kier alpha value is -0.860. The van der Waals surface area contributed by atoms with Crippen molar-refractivity contribution in [3.63, 3.8) is 0 Å². The van der Waals surface area contributed by atoms with Gasteiger partial charge in [-0.1, -0.05) is 18.2 Å². The third-order valence-electron chi connectivity index (χ3n) is 4.51. The Bertz CT molecular complexity index is 437. The van der Waals surface area contributed by atoms with Gasteiger partial charge in [-0.2, -0.15) is 0 Å². The first-order chi connectivity index (χ1) is 8.65. The third kappa shape index (κ3) is 2.32. The summed E-state index contributed by atoms with van der Waals surface area (Å²) in [5, 5.41) is 3.49. The Kier molecular flexibility index (Phi) is 3.16. The topological polar surface area (TPSA) is 15.3 Å². The second-order valence-corrected chi connectivity index (χ2v) is 6.37. The first-order valence-electron chi connectivity index (χ1n) is 7.22. The largest absolute Gasteiger partial charge is 0.314 e. The number of benzene rings is 1. The lowest BCUT2D eigenvalue weighted by atomic mass is 9.98.